The molecular formula is C19H31NS. The molecule has 1 aliphatic rings. The van der Waals surface area contributed by atoms with Gasteiger partial charge in [0.2, 0.25) is 0 Å². The lowest BCUT2D eigenvalue weighted by Crippen LogP contribution is -2.25. The van der Waals surface area contributed by atoms with Crippen LogP contribution in [0.15, 0.2) is 18.2 Å². The van der Waals surface area contributed by atoms with Crippen LogP contribution in [0.3, 0.4) is 0 Å². The van der Waals surface area contributed by atoms with Gasteiger partial charge in [0.15, 0.2) is 0 Å². The van der Waals surface area contributed by atoms with E-state index in [-0.39, 0.29) is 0 Å². The number of nitrogens with one attached hydrogen (secondary N) is 1. The fourth-order valence-corrected chi connectivity index (χ4v) is 4.66. The molecule has 1 N–H and O–H groups in total. The van der Waals surface area contributed by atoms with Gasteiger partial charge in [0.05, 0.1) is 0 Å². The van der Waals surface area contributed by atoms with Crippen molar-refractivity contribution in [2.45, 2.75) is 58.9 Å². The molecule has 2 rings (SSSR count). The second kappa shape index (κ2) is 8.85. The molecule has 0 heterocycles. The largest absolute Gasteiger partial charge is 0.309 e. The monoisotopic (exact) mass is 305 g/mol. The summed E-state index contributed by atoms with van der Waals surface area (Å²) in [6.07, 6.45) is 7.04. The first kappa shape index (κ1) is 16.9. The molecule has 1 nitrogen and oxygen atoms in total. The molecule has 1 atom stereocenters. The molecule has 21 heavy (non-hydrogen) atoms. The minimum Gasteiger partial charge on any atom is -0.309 e. The molecular weight excluding hydrogens is 274 g/mol. The smallest absolute Gasteiger partial charge is 0.0414 e. The van der Waals surface area contributed by atoms with Crippen molar-refractivity contribution < 1.29 is 0 Å². The number of hydrogen-bond acceptors (Lipinski definition) is 2. The third-order valence-electron chi connectivity index (χ3n) is 4.55. The zero-order valence-electron chi connectivity index (χ0n) is 14.0. The zero-order valence-corrected chi connectivity index (χ0v) is 14.8. The van der Waals surface area contributed by atoms with E-state index in [1.54, 1.807) is 0 Å². The molecule has 0 aromatic heterocycles. The molecule has 0 amide bonds. The highest BCUT2D eigenvalue weighted by atomic mass is 32.2. The van der Waals surface area contributed by atoms with Crippen molar-refractivity contribution in [3.05, 3.63) is 34.9 Å². The molecule has 0 radical (unpaired) electrons. The minimum absolute atomic E-state index is 0.511. The van der Waals surface area contributed by atoms with Crippen LogP contribution in [0.4, 0.5) is 0 Å². The van der Waals surface area contributed by atoms with Gasteiger partial charge >= 0.3 is 0 Å². The maximum absolute atomic E-state index is 3.75. The molecule has 1 aliphatic carbocycles. The van der Waals surface area contributed by atoms with E-state index in [1.165, 1.54) is 60.3 Å². The molecule has 0 aliphatic heterocycles. The molecule has 1 unspecified atom stereocenters. The Bertz CT molecular complexity index is 424. The quantitative estimate of drug-likeness (QED) is 0.702. The van der Waals surface area contributed by atoms with Gasteiger partial charge < -0.3 is 5.32 Å². The summed E-state index contributed by atoms with van der Waals surface area (Å²) < 4.78 is 0. The highest BCUT2D eigenvalue weighted by Gasteiger charge is 2.17. The molecule has 0 bridgehead atoms. The Balaban J connectivity index is 1.92. The average Bonchev–Trinajstić information content (AvgIpc) is 2.96. The Morgan fingerprint density at radius 2 is 2.00 bits per heavy atom. The Morgan fingerprint density at radius 1 is 1.24 bits per heavy atom. The van der Waals surface area contributed by atoms with Gasteiger partial charge in [-0.25, -0.2) is 0 Å². The zero-order chi connectivity index (χ0) is 15.1. The van der Waals surface area contributed by atoms with Crippen LogP contribution in [-0.2, 0) is 0 Å². The van der Waals surface area contributed by atoms with Gasteiger partial charge in [0.25, 0.3) is 0 Å². The van der Waals surface area contributed by atoms with E-state index in [0.29, 0.717) is 6.04 Å². The van der Waals surface area contributed by atoms with Gasteiger partial charge in [-0.2, -0.15) is 11.8 Å². The van der Waals surface area contributed by atoms with Crippen molar-refractivity contribution >= 4 is 11.8 Å². The topological polar surface area (TPSA) is 12.0 Å². The molecule has 1 aromatic rings. The fourth-order valence-electron chi connectivity index (χ4n) is 3.32. The van der Waals surface area contributed by atoms with Crippen LogP contribution in [0.1, 0.15) is 61.8 Å². The maximum atomic E-state index is 3.75. The molecule has 0 saturated heterocycles. The summed E-state index contributed by atoms with van der Waals surface area (Å²) in [4.78, 5) is 0. The van der Waals surface area contributed by atoms with Crippen LogP contribution < -0.4 is 5.32 Å². The Labute approximate surface area is 135 Å². The lowest BCUT2D eigenvalue weighted by Gasteiger charge is -2.22. The fraction of sp³-hybridized carbons (Fsp3) is 0.684. The van der Waals surface area contributed by atoms with Crippen molar-refractivity contribution in [2.24, 2.45) is 5.92 Å². The van der Waals surface area contributed by atoms with Gasteiger partial charge in [-0.05, 0) is 62.5 Å². The lowest BCUT2D eigenvalue weighted by atomic mass is 10.00. The maximum Gasteiger partial charge on any atom is 0.0414 e. The van der Waals surface area contributed by atoms with E-state index in [1.807, 2.05) is 0 Å². The van der Waals surface area contributed by atoms with E-state index < -0.39 is 0 Å². The van der Waals surface area contributed by atoms with E-state index in [9.17, 15) is 0 Å². The van der Waals surface area contributed by atoms with E-state index in [4.69, 9.17) is 0 Å². The summed E-state index contributed by atoms with van der Waals surface area (Å²) in [6, 6.07) is 7.41. The number of aryl methyl sites for hydroxylation is 2. The van der Waals surface area contributed by atoms with Crippen LogP contribution in [-0.4, -0.2) is 18.1 Å². The van der Waals surface area contributed by atoms with E-state index in [0.717, 1.165) is 12.5 Å². The number of hydrogen-bond donors (Lipinski definition) is 1. The van der Waals surface area contributed by atoms with Gasteiger partial charge in [0, 0.05) is 11.8 Å². The predicted molar refractivity (Wildman–Crippen MR) is 96.2 cm³/mol. The number of rotatable bonds is 8. The summed E-state index contributed by atoms with van der Waals surface area (Å²) in [6.45, 7) is 7.80. The first-order valence-corrected chi connectivity index (χ1v) is 9.74. The third kappa shape index (κ3) is 5.34. The van der Waals surface area contributed by atoms with Crippen molar-refractivity contribution in [2.75, 3.05) is 18.1 Å². The normalized spacial score (nSPS) is 17.3. The van der Waals surface area contributed by atoms with Gasteiger partial charge in [0.1, 0.15) is 0 Å². The van der Waals surface area contributed by atoms with Crippen molar-refractivity contribution in [1.82, 2.24) is 5.32 Å². The third-order valence-corrected chi connectivity index (χ3v) is 5.83. The lowest BCUT2D eigenvalue weighted by molar-refractivity contribution is 0.572. The molecule has 0 spiro atoms. The van der Waals surface area contributed by atoms with Crippen LogP contribution in [0.2, 0.25) is 0 Å². The van der Waals surface area contributed by atoms with Crippen LogP contribution in [0, 0.1) is 19.8 Å². The van der Waals surface area contributed by atoms with E-state index in [2.05, 4.69) is 56.0 Å². The predicted octanol–water partition coefficient (Wildman–Crippen LogP) is 5.27. The van der Waals surface area contributed by atoms with Gasteiger partial charge in [-0.3, -0.25) is 0 Å². The molecule has 1 aromatic carbocycles. The van der Waals surface area contributed by atoms with Crippen LogP contribution in [0.25, 0.3) is 0 Å². The summed E-state index contributed by atoms with van der Waals surface area (Å²) in [7, 11) is 0. The highest BCUT2D eigenvalue weighted by molar-refractivity contribution is 7.99. The van der Waals surface area contributed by atoms with Crippen molar-refractivity contribution in [1.29, 1.82) is 0 Å². The first-order chi connectivity index (χ1) is 10.2. The summed E-state index contributed by atoms with van der Waals surface area (Å²) >= 11 is 2.15. The van der Waals surface area contributed by atoms with E-state index >= 15 is 0 Å². The van der Waals surface area contributed by atoms with Crippen LogP contribution in [0.5, 0.6) is 0 Å². The van der Waals surface area contributed by atoms with Gasteiger partial charge in [-0.15, -0.1) is 0 Å². The minimum atomic E-state index is 0.511. The number of benzene rings is 1. The number of thioether (sulfide) groups is 1. The van der Waals surface area contributed by atoms with Crippen molar-refractivity contribution in [3.8, 4) is 0 Å². The second-order valence-electron chi connectivity index (χ2n) is 6.55. The summed E-state index contributed by atoms with van der Waals surface area (Å²) in [5.41, 5.74) is 4.29. The molecule has 1 saturated carbocycles. The molecule has 118 valence electrons. The first-order valence-electron chi connectivity index (χ1n) is 8.59. The highest BCUT2D eigenvalue weighted by Crippen LogP contribution is 2.30. The SMILES string of the molecule is CCCNC(CSCC1CCCC1)c1ccc(C)cc1C. The standard InChI is InChI=1S/C19H31NS/c1-4-11-20-19(14-21-13-17-7-5-6-8-17)18-10-9-15(2)12-16(18)3/h9-10,12,17,19-20H,4-8,11,13-14H2,1-3H3. The molecule has 2 heteroatoms. The second-order valence-corrected chi connectivity index (χ2v) is 7.63. The Kier molecular flexibility index (Phi) is 7.12. The average molecular weight is 306 g/mol. The Morgan fingerprint density at radius 3 is 2.67 bits per heavy atom. The Hall–Kier alpha value is -0.470. The van der Waals surface area contributed by atoms with Crippen LogP contribution >= 0.6 is 11.8 Å². The molecule has 1 fully saturated rings. The summed E-state index contributed by atoms with van der Waals surface area (Å²) in [5.74, 6) is 3.55. The summed E-state index contributed by atoms with van der Waals surface area (Å²) in [5, 5.41) is 3.75. The van der Waals surface area contributed by atoms with Gasteiger partial charge in [-0.1, -0.05) is 43.5 Å². The van der Waals surface area contributed by atoms with Crippen molar-refractivity contribution in [3.63, 3.8) is 0 Å².